The summed E-state index contributed by atoms with van der Waals surface area (Å²) in [6.45, 7) is 2.08. The largest absolute Gasteiger partial charge is 0.507 e. The maximum absolute atomic E-state index is 11.3. The summed E-state index contributed by atoms with van der Waals surface area (Å²) >= 11 is 0. The van der Waals surface area contributed by atoms with Crippen molar-refractivity contribution in [1.29, 1.82) is 0 Å². The molecule has 2 aromatic rings. The van der Waals surface area contributed by atoms with Gasteiger partial charge >= 0.3 is 0 Å². The number of benzene rings is 2. The number of ether oxygens (including phenoxy) is 1. The van der Waals surface area contributed by atoms with Crippen LogP contribution in [0.2, 0.25) is 0 Å². The van der Waals surface area contributed by atoms with Gasteiger partial charge in [0.15, 0.2) is 5.78 Å². The Bertz CT molecular complexity index is 652. The molecule has 4 heteroatoms. The minimum absolute atomic E-state index is 0.00637. The molecule has 0 heterocycles. The number of para-hydroxylation sites is 1. The van der Waals surface area contributed by atoms with Crippen LogP contribution in [0.3, 0.4) is 0 Å². The zero-order chi connectivity index (χ0) is 15.4. The first-order valence-electron chi connectivity index (χ1n) is 6.70. The number of ketones is 1. The summed E-state index contributed by atoms with van der Waals surface area (Å²) in [4.78, 5) is 13.3. The standard InChI is InChI=1S/C17H19NO3/c1-12(19)15-9-8-14(10-16(15)20)18(2)11-13-6-4-5-7-17(13)21-3/h4-10,20H,11H2,1-3H3. The van der Waals surface area contributed by atoms with Crippen LogP contribution in [-0.2, 0) is 6.54 Å². The van der Waals surface area contributed by atoms with E-state index in [0.717, 1.165) is 17.0 Å². The minimum Gasteiger partial charge on any atom is -0.507 e. The Labute approximate surface area is 124 Å². The number of methoxy groups -OCH3 is 1. The molecule has 0 saturated carbocycles. The Morgan fingerprint density at radius 1 is 1.24 bits per heavy atom. The molecule has 0 aromatic heterocycles. The van der Waals surface area contributed by atoms with Crippen LogP contribution in [0, 0.1) is 0 Å². The summed E-state index contributed by atoms with van der Waals surface area (Å²) in [6.07, 6.45) is 0. The fourth-order valence-electron chi connectivity index (χ4n) is 2.24. The molecule has 0 atom stereocenters. The first-order chi connectivity index (χ1) is 10.0. The number of phenolic OH excluding ortho intramolecular Hbond substituents is 1. The van der Waals surface area contributed by atoms with Gasteiger partial charge in [-0.3, -0.25) is 4.79 Å². The van der Waals surface area contributed by atoms with Gasteiger partial charge in [-0.05, 0) is 25.1 Å². The van der Waals surface area contributed by atoms with E-state index in [9.17, 15) is 9.90 Å². The molecule has 21 heavy (non-hydrogen) atoms. The van der Waals surface area contributed by atoms with E-state index < -0.39 is 0 Å². The molecule has 0 aliphatic rings. The highest BCUT2D eigenvalue weighted by atomic mass is 16.5. The molecule has 0 amide bonds. The fourth-order valence-corrected chi connectivity index (χ4v) is 2.24. The zero-order valence-corrected chi connectivity index (χ0v) is 12.5. The van der Waals surface area contributed by atoms with Gasteiger partial charge in [0.25, 0.3) is 0 Å². The van der Waals surface area contributed by atoms with Crippen LogP contribution in [0.1, 0.15) is 22.8 Å². The summed E-state index contributed by atoms with van der Waals surface area (Å²) in [6, 6.07) is 12.9. The van der Waals surface area contributed by atoms with E-state index in [1.165, 1.54) is 6.92 Å². The molecule has 0 bridgehead atoms. The van der Waals surface area contributed by atoms with Crippen molar-refractivity contribution in [3.05, 3.63) is 53.6 Å². The van der Waals surface area contributed by atoms with E-state index >= 15 is 0 Å². The van der Waals surface area contributed by atoms with E-state index in [4.69, 9.17) is 4.74 Å². The van der Waals surface area contributed by atoms with Crippen LogP contribution in [0.15, 0.2) is 42.5 Å². The molecular weight excluding hydrogens is 266 g/mol. The third-order valence-electron chi connectivity index (χ3n) is 3.40. The number of phenols is 1. The van der Waals surface area contributed by atoms with Gasteiger partial charge in [0.1, 0.15) is 11.5 Å². The summed E-state index contributed by atoms with van der Waals surface area (Å²) < 4.78 is 5.34. The Balaban J connectivity index is 2.22. The molecule has 0 aliphatic heterocycles. The van der Waals surface area contributed by atoms with Crippen LogP contribution in [0.5, 0.6) is 11.5 Å². The van der Waals surface area contributed by atoms with Gasteiger partial charge in [-0.15, -0.1) is 0 Å². The highest BCUT2D eigenvalue weighted by Gasteiger charge is 2.11. The quantitative estimate of drug-likeness (QED) is 0.857. The SMILES string of the molecule is COc1ccccc1CN(C)c1ccc(C(C)=O)c(O)c1. The Morgan fingerprint density at radius 2 is 1.95 bits per heavy atom. The van der Waals surface area contributed by atoms with Gasteiger partial charge < -0.3 is 14.7 Å². The van der Waals surface area contributed by atoms with Crippen LogP contribution in [0.4, 0.5) is 5.69 Å². The first-order valence-corrected chi connectivity index (χ1v) is 6.70. The van der Waals surface area contributed by atoms with Gasteiger partial charge in [0.05, 0.1) is 12.7 Å². The highest BCUT2D eigenvalue weighted by Crippen LogP contribution is 2.27. The Morgan fingerprint density at radius 3 is 2.57 bits per heavy atom. The van der Waals surface area contributed by atoms with E-state index in [1.807, 2.05) is 42.3 Å². The third kappa shape index (κ3) is 3.34. The molecule has 0 fully saturated rings. The zero-order valence-electron chi connectivity index (χ0n) is 12.5. The fraction of sp³-hybridized carbons (Fsp3) is 0.235. The van der Waals surface area contributed by atoms with Crippen molar-refractivity contribution < 1.29 is 14.6 Å². The number of hydrogen-bond acceptors (Lipinski definition) is 4. The van der Waals surface area contributed by atoms with E-state index in [1.54, 1.807) is 19.2 Å². The predicted molar refractivity (Wildman–Crippen MR) is 83.2 cm³/mol. The Hall–Kier alpha value is -2.49. The molecule has 2 rings (SSSR count). The number of anilines is 1. The Kier molecular flexibility index (Phi) is 4.48. The number of rotatable bonds is 5. The topological polar surface area (TPSA) is 49.8 Å². The number of nitrogens with zero attached hydrogens (tertiary/aromatic N) is 1. The van der Waals surface area contributed by atoms with Crippen LogP contribution >= 0.6 is 0 Å². The molecule has 0 radical (unpaired) electrons. The number of carbonyl (C=O) groups is 1. The summed E-state index contributed by atoms with van der Waals surface area (Å²) in [5, 5.41) is 9.91. The molecule has 0 aliphatic carbocycles. The number of carbonyl (C=O) groups excluding carboxylic acids is 1. The van der Waals surface area contributed by atoms with Crippen LogP contribution < -0.4 is 9.64 Å². The van der Waals surface area contributed by atoms with Crippen molar-refractivity contribution in [3.63, 3.8) is 0 Å². The van der Waals surface area contributed by atoms with Gasteiger partial charge in [-0.1, -0.05) is 18.2 Å². The van der Waals surface area contributed by atoms with Gasteiger partial charge in [-0.2, -0.15) is 0 Å². The summed E-state index contributed by atoms with van der Waals surface area (Å²) in [5.41, 5.74) is 2.23. The minimum atomic E-state index is -0.147. The second-order valence-corrected chi connectivity index (χ2v) is 4.93. The lowest BCUT2D eigenvalue weighted by Crippen LogP contribution is -2.17. The normalized spacial score (nSPS) is 10.2. The average molecular weight is 285 g/mol. The van der Waals surface area contributed by atoms with Crippen molar-refractivity contribution in [2.45, 2.75) is 13.5 Å². The lowest BCUT2D eigenvalue weighted by Gasteiger charge is -2.21. The monoisotopic (exact) mass is 285 g/mol. The second-order valence-electron chi connectivity index (χ2n) is 4.93. The summed E-state index contributed by atoms with van der Waals surface area (Å²) in [5.74, 6) is 0.687. The van der Waals surface area contributed by atoms with Gasteiger partial charge in [0, 0.05) is 30.9 Å². The molecule has 1 N–H and O–H groups in total. The van der Waals surface area contributed by atoms with E-state index in [2.05, 4.69) is 0 Å². The molecule has 4 nitrogen and oxygen atoms in total. The van der Waals surface area contributed by atoms with Crippen molar-refractivity contribution in [2.75, 3.05) is 19.1 Å². The molecule has 0 spiro atoms. The first kappa shape index (κ1) is 14.9. The van der Waals surface area contributed by atoms with Crippen LogP contribution in [0.25, 0.3) is 0 Å². The van der Waals surface area contributed by atoms with Crippen molar-refractivity contribution >= 4 is 11.5 Å². The lowest BCUT2D eigenvalue weighted by molar-refractivity contribution is 0.101. The molecular formula is C17H19NO3. The number of Topliss-reactive ketones (excluding diaryl/α,β-unsaturated/α-hetero) is 1. The smallest absolute Gasteiger partial charge is 0.163 e. The van der Waals surface area contributed by atoms with Gasteiger partial charge in [0.2, 0.25) is 0 Å². The van der Waals surface area contributed by atoms with E-state index in [0.29, 0.717) is 12.1 Å². The van der Waals surface area contributed by atoms with Crippen molar-refractivity contribution in [2.24, 2.45) is 0 Å². The third-order valence-corrected chi connectivity index (χ3v) is 3.40. The highest BCUT2D eigenvalue weighted by molar-refractivity contribution is 5.97. The maximum Gasteiger partial charge on any atom is 0.163 e. The predicted octanol–water partition coefficient (Wildman–Crippen LogP) is 3.24. The molecule has 2 aromatic carbocycles. The molecule has 0 unspecified atom stereocenters. The van der Waals surface area contributed by atoms with Crippen molar-refractivity contribution in [3.8, 4) is 11.5 Å². The number of hydrogen-bond donors (Lipinski definition) is 1. The maximum atomic E-state index is 11.3. The average Bonchev–Trinajstić information content (AvgIpc) is 2.47. The molecule has 110 valence electrons. The second kappa shape index (κ2) is 6.31. The van der Waals surface area contributed by atoms with Crippen LogP contribution in [-0.4, -0.2) is 25.0 Å². The van der Waals surface area contributed by atoms with E-state index in [-0.39, 0.29) is 11.5 Å². The van der Waals surface area contributed by atoms with Gasteiger partial charge in [-0.25, -0.2) is 0 Å². The summed E-state index contributed by atoms with van der Waals surface area (Å²) in [7, 11) is 3.57. The van der Waals surface area contributed by atoms with Crippen molar-refractivity contribution in [1.82, 2.24) is 0 Å². The number of aromatic hydroxyl groups is 1. The molecule has 0 saturated heterocycles. The lowest BCUT2D eigenvalue weighted by atomic mass is 10.1.